The molecule has 1 heterocycles. The van der Waals surface area contributed by atoms with E-state index in [4.69, 9.17) is 5.73 Å². The Balaban J connectivity index is 1.57. The molecule has 4 heteroatoms. The lowest BCUT2D eigenvalue weighted by Gasteiger charge is -2.45. The van der Waals surface area contributed by atoms with Gasteiger partial charge in [-0.2, -0.15) is 0 Å². The lowest BCUT2D eigenvalue weighted by Crippen LogP contribution is -2.54. The Bertz CT molecular complexity index is 362. The summed E-state index contributed by atoms with van der Waals surface area (Å²) in [4.78, 5) is 17.4. The number of hydrogen-bond donors (Lipinski definition) is 1. The Morgan fingerprint density at radius 3 is 2.14 bits per heavy atom. The number of hydrogen-bond acceptors (Lipinski definition) is 3. The fourth-order valence-corrected chi connectivity index (χ4v) is 4.71. The van der Waals surface area contributed by atoms with Crippen LogP contribution in [-0.2, 0) is 4.79 Å². The molecule has 0 aromatic carbocycles. The molecule has 1 amide bonds. The highest BCUT2D eigenvalue weighted by molar-refractivity contribution is 5.79. The third-order valence-electron chi connectivity index (χ3n) is 6.12. The zero-order valence-electron chi connectivity index (χ0n) is 13.6. The summed E-state index contributed by atoms with van der Waals surface area (Å²) in [6.07, 6.45) is 5.88. The van der Waals surface area contributed by atoms with Gasteiger partial charge in [-0.05, 0) is 51.4 Å². The maximum atomic E-state index is 12.8. The number of fused-ring (bicyclic) bond motifs is 2. The molecule has 3 rings (SSSR count). The van der Waals surface area contributed by atoms with Gasteiger partial charge >= 0.3 is 0 Å². The van der Waals surface area contributed by atoms with Crippen molar-refractivity contribution in [2.24, 2.45) is 23.5 Å². The lowest BCUT2D eigenvalue weighted by atomic mass is 9.65. The van der Waals surface area contributed by atoms with Crippen LogP contribution in [0.1, 0.15) is 46.0 Å². The van der Waals surface area contributed by atoms with Crippen LogP contribution in [0.2, 0.25) is 0 Å². The molecule has 0 radical (unpaired) electrons. The van der Waals surface area contributed by atoms with Crippen LogP contribution < -0.4 is 5.73 Å². The SMILES string of the molecule is CC(C)N1CCN(C(=O)C2CC3CCCC(C2)C3N)CC1. The number of amides is 1. The van der Waals surface area contributed by atoms with Gasteiger partial charge in [-0.15, -0.1) is 0 Å². The Kier molecular flexibility index (Phi) is 4.55. The van der Waals surface area contributed by atoms with E-state index >= 15 is 0 Å². The lowest BCUT2D eigenvalue weighted by molar-refractivity contribution is -0.140. The minimum Gasteiger partial charge on any atom is -0.340 e. The number of rotatable bonds is 2. The van der Waals surface area contributed by atoms with Gasteiger partial charge in [-0.3, -0.25) is 9.69 Å². The van der Waals surface area contributed by atoms with E-state index in [1.165, 1.54) is 19.3 Å². The quantitative estimate of drug-likeness (QED) is 0.843. The number of carbonyl (C=O) groups is 1. The van der Waals surface area contributed by atoms with E-state index in [1.807, 2.05) is 0 Å². The number of nitrogens with zero attached hydrogens (tertiary/aromatic N) is 2. The zero-order chi connectivity index (χ0) is 15.0. The van der Waals surface area contributed by atoms with Crippen molar-refractivity contribution in [2.45, 2.75) is 58.0 Å². The van der Waals surface area contributed by atoms with Gasteiger partial charge in [0.05, 0.1) is 0 Å². The van der Waals surface area contributed by atoms with Crippen molar-refractivity contribution in [1.29, 1.82) is 0 Å². The standard InChI is InChI=1S/C17H31N3O/c1-12(2)19-6-8-20(9-7-19)17(21)15-10-13-4-3-5-14(11-15)16(13)18/h12-16H,3-11,18H2,1-2H3. The molecule has 0 aromatic heterocycles. The molecule has 2 N–H and O–H groups in total. The molecular weight excluding hydrogens is 262 g/mol. The number of nitrogens with two attached hydrogens (primary N) is 1. The topological polar surface area (TPSA) is 49.6 Å². The van der Waals surface area contributed by atoms with E-state index < -0.39 is 0 Å². The van der Waals surface area contributed by atoms with Crippen molar-refractivity contribution < 1.29 is 4.79 Å². The van der Waals surface area contributed by atoms with Crippen molar-refractivity contribution in [3.8, 4) is 0 Å². The Morgan fingerprint density at radius 2 is 1.62 bits per heavy atom. The molecule has 0 aromatic rings. The highest BCUT2D eigenvalue weighted by Crippen LogP contribution is 2.42. The van der Waals surface area contributed by atoms with Crippen LogP contribution in [0.15, 0.2) is 0 Å². The van der Waals surface area contributed by atoms with Crippen LogP contribution in [0.3, 0.4) is 0 Å². The summed E-state index contributed by atoms with van der Waals surface area (Å²) in [5, 5.41) is 0. The van der Waals surface area contributed by atoms with Gasteiger partial charge in [-0.25, -0.2) is 0 Å². The molecule has 4 nitrogen and oxygen atoms in total. The van der Waals surface area contributed by atoms with Crippen molar-refractivity contribution in [1.82, 2.24) is 9.80 Å². The molecule has 2 aliphatic carbocycles. The molecule has 0 spiro atoms. The molecule has 1 saturated heterocycles. The number of carbonyl (C=O) groups excluding carboxylic acids is 1. The van der Waals surface area contributed by atoms with Crippen LogP contribution in [0.5, 0.6) is 0 Å². The van der Waals surface area contributed by atoms with E-state index in [1.54, 1.807) is 0 Å². The van der Waals surface area contributed by atoms with Gasteiger partial charge in [0, 0.05) is 44.2 Å². The summed E-state index contributed by atoms with van der Waals surface area (Å²) in [6.45, 7) is 8.36. The smallest absolute Gasteiger partial charge is 0.225 e. The van der Waals surface area contributed by atoms with E-state index in [0.29, 0.717) is 29.8 Å². The molecule has 2 atom stereocenters. The fraction of sp³-hybridized carbons (Fsp3) is 0.941. The van der Waals surface area contributed by atoms with E-state index in [-0.39, 0.29) is 5.92 Å². The molecule has 3 fully saturated rings. The van der Waals surface area contributed by atoms with E-state index in [0.717, 1.165) is 39.0 Å². The zero-order valence-corrected chi connectivity index (χ0v) is 13.6. The first kappa shape index (κ1) is 15.3. The van der Waals surface area contributed by atoms with Gasteiger partial charge in [0.25, 0.3) is 0 Å². The Hall–Kier alpha value is -0.610. The summed E-state index contributed by atoms with van der Waals surface area (Å²) in [6, 6.07) is 0.954. The first-order valence-corrected chi connectivity index (χ1v) is 8.84. The summed E-state index contributed by atoms with van der Waals surface area (Å²) < 4.78 is 0. The van der Waals surface area contributed by atoms with Gasteiger partial charge in [0.15, 0.2) is 0 Å². The maximum absolute atomic E-state index is 12.8. The van der Waals surface area contributed by atoms with E-state index in [9.17, 15) is 4.79 Å². The minimum absolute atomic E-state index is 0.255. The fourth-order valence-electron chi connectivity index (χ4n) is 4.71. The van der Waals surface area contributed by atoms with Gasteiger partial charge in [0.2, 0.25) is 5.91 Å². The third-order valence-corrected chi connectivity index (χ3v) is 6.12. The van der Waals surface area contributed by atoms with Crippen molar-refractivity contribution in [3.63, 3.8) is 0 Å². The van der Waals surface area contributed by atoms with Gasteiger partial charge in [0.1, 0.15) is 0 Å². The number of piperazine rings is 1. The maximum Gasteiger partial charge on any atom is 0.225 e. The summed E-state index contributed by atoms with van der Waals surface area (Å²) in [5.74, 6) is 1.87. The summed E-state index contributed by atoms with van der Waals surface area (Å²) >= 11 is 0. The van der Waals surface area contributed by atoms with Gasteiger partial charge < -0.3 is 10.6 Å². The Morgan fingerprint density at radius 1 is 1.05 bits per heavy atom. The second-order valence-electron chi connectivity index (χ2n) is 7.65. The minimum atomic E-state index is 0.255. The van der Waals surface area contributed by atoms with Crippen LogP contribution in [0.25, 0.3) is 0 Å². The van der Waals surface area contributed by atoms with Gasteiger partial charge in [-0.1, -0.05) is 6.42 Å². The van der Waals surface area contributed by atoms with Crippen molar-refractivity contribution in [2.75, 3.05) is 26.2 Å². The predicted octanol–water partition coefficient (Wildman–Crippen LogP) is 1.69. The van der Waals surface area contributed by atoms with Crippen LogP contribution in [0, 0.1) is 17.8 Å². The second-order valence-corrected chi connectivity index (χ2v) is 7.65. The molecule has 2 unspecified atom stereocenters. The molecule has 1 aliphatic heterocycles. The average molecular weight is 293 g/mol. The normalized spacial score (nSPS) is 37.8. The van der Waals surface area contributed by atoms with E-state index in [2.05, 4.69) is 23.6 Å². The van der Waals surface area contributed by atoms with Crippen molar-refractivity contribution >= 4 is 5.91 Å². The average Bonchev–Trinajstić information content (AvgIpc) is 2.46. The predicted molar refractivity (Wildman–Crippen MR) is 84.8 cm³/mol. The first-order valence-electron chi connectivity index (χ1n) is 8.84. The monoisotopic (exact) mass is 293 g/mol. The molecule has 120 valence electrons. The molecule has 3 aliphatic rings. The molecule has 21 heavy (non-hydrogen) atoms. The third kappa shape index (κ3) is 3.11. The molecule has 2 saturated carbocycles. The Labute approximate surface area is 129 Å². The highest BCUT2D eigenvalue weighted by Gasteiger charge is 2.41. The molecular formula is C17H31N3O. The van der Waals surface area contributed by atoms with Crippen LogP contribution in [-0.4, -0.2) is 54.0 Å². The van der Waals surface area contributed by atoms with Crippen LogP contribution >= 0.6 is 0 Å². The summed E-state index contributed by atoms with van der Waals surface area (Å²) in [5.41, 5.74) is 6.35. The second kappa shape index (κ2) is 6.25. The first-order chi connectivity index (χ1) is 10.1. The van der Waals surface area contributed by atoms with Crippen molar-refractivity contribution in [3.05, 3.63) is 0 Å². The largest absolute Gasteiger partial charge is 0.340 e. The molecule has 2 bridgehead atoms. The highest BCUT2D eigenvalue weighted by atomic mass is 16.2. The summed E-state index contributed by atoms with van der Waals surface area (Å²) in [7, 11) is 0. The van der Waals surface area contributed by atoms with Crippen LogP contribution in [0.4, 0.5) is 0 Å².